The zero-order valence-corrected chi connectivity index (χ0v) is 27.2. The summed E-state index contributed by atoms with van der Waals surface area (Å²) in [5, 5.41) is 1.21. The molecule has 3 aromatic rings. The molecule has 1 N–H and O–H groups in total. The number of aromatic nitrogens is 1. The van der Waals surface area contributed by atoms with Crippen molar-refractivity contribution in [2.75, 3.05) is 55.7 Å². The van der Waals surface area contributed by atoms with E-state index in [0.717, 1.165) is 37.2 Å². The minimum absolute atomic E-state index is 0. The number of hydrogen-bond donors (Lipinski definition) is 1. The van der Waals surface area contributed by atoms with Crippen LogP contribution in [0, 0.1) is 17.8 Å². The van der Waals surface area contributed by atoms with Crippen LogP contribution in [0.3, 0.4) is 0 Å². The predicted octanol–water partition coefficient (Wildman–Crippen LogP) is 4.59. The molecule has 6 rings (SSSR count). The highest BCUT2D eigenvalue weighted by Gasteiger charge is 2.54. The zero-order chi connectivity index (χ0) is 31.1. The zero-order valence-electron chi connectivity index (χ0n) is 26.4. The smallest absolute Gasteiger partial charge is 0.338 e. The van der Waals surface area contributed by atoms with Crippen molar-refractivity contribution in [1.82, 2.24) is 9.88 Å². The molecule has 11 nitrogen and oxygen atoms in total. The van der Waals surface area contributed by atoms with Gasteiger partial charge in [0.05, 0.1) is 53.1 Å². The first-order chi connectivity index (χ1) is 21.3. The lowest BCUT2D eigenvalue weighted by Gasteiger charge is -2.52. The fraction of sp³-hybridized carbons (Fsp3) is 0.515. The second kappa shape index (κ2) is 13.4. The molecule has 1 aliphatic carbocycles. The number of rotatable bonds is 8. The second-order valence-electron chi connectivity index (χ2n) is 11.7. The first kappa shape index (κ1) is 32.7. The number of H-pyrrole nitrogens is 1. The molecule has 0 amide bonds. The van der Waals surface area contributed by atoms with E-state index in [0.29, 0.717) is 23.7 Å². The molecule has 3 aliphatic rings. The Balaban J connectivity index is 0.00000400. The van der Waals surface area contributed by atoms with Gasteiger partial charge < -0.3 is 38.1 Å². The van der Waals surface area contributed by atoms with Gasteiger partial charge in [0.25, 0.3) is 0 Å². The van der Waals surface area contributed by atoms with E-state index < -0.39 is 24.1 Å². The third kappa shape index (κ3) is 5.66. The van der Waals surface area contributed by atoms with Crippen LogP contribution >= 0.6 is 12.4 Å². The molecule has 3 unspecified atom stereocenters. The lowest BCUT2D eigenvalue weighted by Crippen LogP contribution is -2.58. The van der Waals surface area contributed by atoms with E-state index in [9.17, 15) is 9.59 Å². The third-order valence-corrected chi connectivity index (χ3v) is 9.76. The lowest BCUT2D eigenvalue weighted by atomic mass is 9.63. The van der Waals surface area contributed by atoms with Crippen molar-refractivity contribution in [3.05, 3.63) is 47.2 Å². The van der Waals surface area contributed by atoms with Crippen LogP contribution in [0.2, 0.25) is 0 Å². The molecule has 45 heavy (non-hydrogen) atoms. The summed E-state index contributed by atoms with van der Waals surface area (Å²) in [6, 6.07) is 9.40. The largest absolute Gasteiger partial charge is 0.497 e. The van der Waals surface area contributed by atoms with Gasteiger partial charge in [-0.05, 0) is 60.9 Å². The summed E-state index contributed by atoms with van der Waals surface area (Å²) in [4.78, 5) is 33.1. The average Bonchev–Trinajstić information content (AvgIpc) is 3.43. The van der Waals surface area contributed by atoms with Gasteiger partial charge in [-0.25, -0.2) is 4.79 Å². The van der Waals surface area contributed by atoms with E-state index in [2.05, 4.69) is 16.0 Å². The molecule has 1 saturated carbocycles. The van der Waals surface area contributed by atoms with Crippen molar-refractivity contribution in [3.63, 3.8) is 0 Å². The summed E-state index contributed by atoms with van der Waals surface area (Å²) in [6.45, 7) is 1.68. The van der Waals surface area contributed by atoms with Gasteiger partial charge in [-0.3, -0.25) is 9.69 Å². The predicted molar refractivity (Wildman–Crippen MR) is 168 cm³/mol. The number of carbonyl (C=O) groups excluding carboxylic acids is 2. The van der Waals surface area contributed by atoms with Crippen molar-refractivity contribution >= 4 is 35.2 Å². The van der Waals surface area contributed by atoms with Crippen LogP contribution in [0.1, 0.15) is 40.5 Å². The summed E-state index contributed by atoms with van der Waals surface area (Å²) in [7, 11) is 9.10. The Morgan fingerprint density at radius 3 is 2.27 bits per heavy atom. The molecular weight excluding hydrogens is 604 g/mol. The van der Waals surface area contributed by atoms with Gasteiger partial charge in [0.1, 0.15) is 18.0 Å². The van der Waals surface area contributed by atoms with Gasteiger partial charge in [-0.1, -0.05) is 0 Å². The molecule has 12 heteroatoms. The van der Waals surface area contributed by atoms with Crippen molar-refractivity contribution in [3.8, 4) is 23.0 Å². The summed E-state index contributed by atoms with van der Waals surface area (Å²) in [5.41, 5.74) is 3.83. The highest BCUT2D eigenvalue weighted by atomic mass is 35.5. The van der Waals surface area contributed by atoms with Gasteiger partial charge in [0.15, 0.2) is 11.5 Å². The number of carbonyl (C=O) groups is 2. The van der Waals surface area contributed by atoms with Gasteiger partial charge in [-0.2, -0.15) is 0 Å². The van der Waals surface area contributed by atoms with E-state index in [1.165, 1.54) is 45.1 Å². The molecule has 2 aromatic carbocycles. The SMILES string of the molecule is COC(=O)C1[C@H](OC)C(OC(=O)c2cc(OC)c(OC)c(OC)c2)C[C@H]2CN3CCc4c([nH]c5cc(OC)ccc45)C3C[C@@H]12.Cl. The molecule has 244 valence electrons. The highest BCUT2D eigenvalue weighted by molar-refractivity contribution is 5.91. The van der Waals surface area contributed by atoms with E-state index in [-0.39, 0.29) is 41.8 Å². The van der Waals surface area contributed by atoms with Crippen LogP contribution in [0.25, 0.3) is 10.9 Å². The number of benzene rings is 2. The number of halogens is 1. The number of ether oxygens (including phenoxy) is 7. The number of esters is 2. The van der Waals surface area contributed by atoms with Crippen LogP contribution in [0.5, 0.6) is 23.0 Å². The molecular formula is C33H41ClN2O9. The van der Waals surface area contributed by atoms with Crippen LogP contribution in [-0.2, 0) is 25.4 Å². The van der Waals surface area contributed by atoms with Gasteiger partial charge in [0.2, 0.25) is 5.75 Å². The summed E-state index contributed by atoms with van der Waals surface area (Å²) in [6.07, 6.45) is 0.920. The highest BCUT2D eigenvalue weighted by Crippen LogP contribution is 2.51. The monoisotopic (exact) mass is 644 g/mol. The van der Waals surface area contributed by atoms with Crippen LogP contribution < -0.4 is 18.9 Å². The van der Waals surface area contributed by atoms with Crippen molar-refractivity contribution in [2.45, 2.75) is 37.5 Å². The molecule has 1 saturated heterocycles. The maximum Gasteiger partial charge on any atom is 0.338 e. The summed E-state index contributed by atoms with van der Waals surface area (Å²) >= 11 is 0. The molecule has 0 radical (unpaired) electrons. The molecule has 0 bridgehead atoms. The van der Waals surface area contributed by atoms with Crippen molar-refractivity contribution < 1.29 is 42.7 Å². The maximum absolute atomic E-state index is 13.5. The Hall–Kier alpha value is -3.67. The molecule has 6 atom stereocenters. The lowest BCUT2D eigenvalue weighted by molar-refractivity contribution is -0.176. The van der Waals surface area contributed by atoms with E-state index in [4.69, 9.17) is 33.2 Å². The topological polar surface area (TPSA) is 118 Å². The Bertz CT molecular complexity index is 1530. The van der Waals surface area contributed by atoms with Gasteiger partial charge >= 0.3 is 11.9 Å². The molecule has 2 aliphatic heterocycles. The van der Waals surface area contributed by atoms with Crippen LogP contribution in [0.15, 0.2) is 30.3 Å². The standard InChI is InChI=1S/C33H40N2O9.ClH/c1-38-19-7-8-20-21-9-10-35-16-18-13-27(44-32(36)17-11-25(39-2)30(41-4)26(12-17)40-3)31(42-5)28(33(37)43-6)22(18)15-24(35)29(21)34-23(20)14-19;/h7-8,11-12,14,18,22,24,27-28,31,34H,9-10,13,15-16H2,1-6H3;1H/t18-,22+,24?,27?,28?,31+;/m0./s1. The second-order valence-corrected chi connectivity index (χ2v) is 11.7. The van der Waals surface area contributed by atoms with E-state index >= 15 is 0 Å². The van der Waals surface area contributed by atoms with E-state index in [1.807, 2.05) is 12.1 Å². The average molecular weight is 645 g/mol. The number of nitrogens with one attached hydrogen (secondary N) is 1. The van der Waals surface area contributed by atoms with Gasteiger partial charge in [0, 0.05) is 42.9 Å². The Morgan fingerprint density at radius 1 is 0.911 bits per heavy atom. The number of fused-ring (bicyclic) bond motifs is 6. The van der Waals surface area contributed by atoms with Crippen LogP contribution in [0.4, 0.5) is 0 Å². The molecule has 2 fully saturated rings. The Kier molecular flexibility index (Phi) is 9.71. The third-order valence-electron chi connectivity index (χ3n) is 9.76. The number of nitrogens with zero attached hydrogens (tertiary/aromatic N) is 1. The normalized spacial score (nSPS) is 25.6. The van der Waals surface area contributed by atoms with E-state index in [1.54, 1.807) is 26.4 Å². The minimum Gasteiger partial charge on any atom is -0.497 e. The Morgan fingerprint density at radius 2 is 1.64 bits per heavy atom. The number of hydrogen-bond acceptors (Lipinski definition) is 10. The fourth-order valence-electron chi connectivity index (χ4n) is 7.76. The van der Waals surface area contributed by atoms with Gasteiger partial charge in [-0.15, -0.1) is 12.4 Å². The fourth-order valence-corrected chi connectivity index (χ4v) is 7.76. The summed E-state index contributed by atoms with van der Waals surface area (Å²) < 4.78 is 39.1. The number of piperidine rings is 1. The minimum atomic E-state index is -0.670. The number of methoxy groups -OCH3 is 6. The Labute approximate surface area is 268 Å². The van der Waals surface area contributed by atoms with Crippen molar-refractivity contribution in [2.24, 2.45) is 17.8 Å². The molecule has 3 heterocycles. The van der Waals surface area contributed by atoms with Crippen LogP contribution in [-0.4, -0.2) is 89.8 Å². The summed E-state index contributed by atoms with van der Waals surface area (Å²) in [5.74, 6) is 0.441. The molecule has 0 spiro atoms. The maximum atomic E-state index is 13.5. The molecule has 1 aromatic heterocycles. The number of aromatic amines is 1. The first-order valence-corrected chi connectivity index (χ1v) is 14.9. The van der Waals surface area contributed by atoms with Crippen molar-refractivity contribution in [1.29, 1.82) is 0 Å². The first-order valence-electron chi connectivity index (χ1n) is 14.9. The quantitative estimate of drug-likeness (QED) is 0.349.